The molecule has 1 aromatic heterocycles. The van der Waals surface area contributed by atoms with Gasteiger partial charge in [-0.05, 0) is 12.8 Å². The molecule has 0 saturated carbocycles. The van der Waals surface area contributed by atoms with Crippen molar-refractivity contribution in [3.8, 4) is 0 Å². The van der Waals surface area contributed by atoms with Gasteiger partial charge in [0.15, 0.2) is 0 Å². The fourth-order valence-electron chi connectivity index (χ4n) is 1.14. The maximum atomic E-state index is 12.7. The molecule has 14 heavy (non-hydrogen) atoms. The lowest BCUT2D eigenvalue weighted by Gasteiger charge is -2.20. The monoisotopic (exact) mass is 197 g/mol. The van der Waals surface area contributed by atoms with Crippen LogP contribution in [-0.4, -0.2) is 16.0 Å². The van der Waals surface area contributed by atoms with Crippen molar-refractivity contribution >= 4 is 5.82 Å². The van der Waals surface area contributed by atoms with Crippen molar-refractivity contribution in [2.45, 2.75) is 33.2 Å². The first kappa shape index (κ1) is 10.9. The van der Waals surface area contributed by atoms with Crippen LogP contribution < -0.4 is 5.32 Å². The van der Waals surface area contributed by atoms with Gasteiger partial charge < -0.3 is 5.32 Å². The number of nitrogens with one attached hydrogen (secondary N) is 1. The molecular formula is C10H16FN3. The first-order chi connectivity index (χ1) is 6.63. The predicted octanol–water partition coefficient (Wildman–Crippen LogP) is 2.46. The summed E-state index contributed by atoms with van der Waals surface area (Å²) in [5.41, 5.74) is 0. The molecule has 1 heterocycles. The van der Waals surface area contributed by atoms with E-state index >= 15 is 0 Å². The van der Waals surface area contributed by atoms with Gasteiger partial charge in [0.05, 0.1) is 0 Å². The van der Waals surface area contributed by atoms with Gasteiger partial charge in [0, 0.05) is 12.1 Å². The van der Waals surface area contributed by atoms with Gasteiger partial charge in [-0.2, -0.15) is 4.39 Å². The van der Waals surface area contributed by atoms with E-state index in [-0.39, 0.29) is 6.04 Å². The van der Waals surface area contributed by atoms with Crippen molar-refractivity contribution in [2.75, 3.05) is 5.32 Å². The summed E-state index contributed by atoms with van der Waals surface area (Å²) in [7, 11) is 0. The van der Waals surface area contributed by atoms with Crippen molar-refractivity contribution in [3.05, 3.63) is 18.3 Å². The Morgan fingerprint density at radius 3 is 2.71 bits per heavy atom. The lowest BCUT2D eigenvalue weighted by Crippen LogP contribution is -2.23. The average molecular weight is 197 g/mol. The molecule has 1 aromatic rings. The quantitative estimate of drug-likeness (QED) is 0.753. The lowest BCUT2D eigenvalue weighted by molar-refractivity contribution is 0.492. The van der Waals surface area contributed by atoms with Gasteiger partial charge in [0.25, 0.3) is 0 Å². The highest BCUT2D eigenvalue weighted by atomic mass is 19.1. The fourth-order valence-corrected chi connectivity index (χ4v) is 1.14. The lowest BCUT2D eigenvalue weighted by atomic mass is 10.0. The van der Waals surface area contributed by atoms with E-state index in [1.54, 1.807) is 0 Å². The SMILES string of the molecule is CCC(C)C(C)Nc1cc(F)ncn1. The zero-order valence-electron chi connectivity index (χ0n) is 8.79. The Hall–Kier alpha value is -1.19. The summed E-state index contributed by atoms with van der Waals surface area (Å²) >= 11 is 0. The van der Waals surface area contributed by atoms with E-state index in [1.165, 1.54) is 12.4 Å². The summed E-state index contributed by atoms with van der Waals surface area (Å²) in [4.78, 5) is 7.33. The molecule has 0 saturated heterocycles. The van der Waals surface area contributed by atoms with Crippen molar-refractivity contribution < 1.29 is 4.39 Å². The molecule has 0 aromatic carbocycles. The summed E-state index contributed by atoms with van der Waals surface area (Å²) in [5.74, 6) is 0.581. The van der Waals surface area contributed by atoms with Crippen LogP contribution in [0.2, 0.25) is 0 Å². The summed E-state index contributed by atoms with van der Waals surface area (Å²) in [6.07, 6.45) is 2.31. The molecule has 0 fully saturated rings. The maximum absolute atomic E-state index is 12.7. The smallest absolute Gasteiger partial charge is 0.217 e. The van der Waals surface area contributed by atoms with E-state index in [1.807, 2.05) is 0 Å². The zero-order valence-corrected chi connectivity index (χ0v) is 8.79. The van der Waals surface area contributed by atoms with Gasteiger partial charge in [-0.25, -0.2) is 9.97 Å². The largest absolute Gasteiger partial charge is 0.367 e. The fraction of sp³-hybridized carbons (Fsp3) is 0.600. The van der Waals surface area contributed by atoms with E-state index in [0.717, 1.165) is 6.42 Å². The Morgan fingerprint density at radius 1 is 1.43 bits per heavy atom. The Bertz CT molecular complexity index is 290. The maximum Gasteiger partial charge on any atom is 0.217 e. The second kappa shape index (κ2) is 4.88. The summed E-state index contributed by atoms with van der Waals surface area (Å²) < 4.78 is 12.7. The van der Waals surface area contributed by atoms with Crippen molar-refractivity contribution in [3.63, 3.8) is 0 Å². The van der Waals surface area contributed by atoms with Crippen LogP contribution in [0.3, 0.4) is 0 Å². The van der Waals surface area contributed by atoms with Crippen molar-refractivity contribution in [2.24, 2.45) is 5.92 Å². The Balaban J connectivity index is 2.60. The third kappa shape index (κ3) is 2.94. The highest BCUT2D eigenvalue weighted by molar-refractivity contribution is 5.33. The number of anilines is 1. The van der Waals surface area contributed by atoms with Crippen LogP contribution >= 0.6 is 0 Å². The molecule has 0 aliphatic rings. The normalized spacial score (nSPS) is 14.9. The molecule has 0 spiro atoms. The molecule has 0 bridgehead atoms. The van der Waals surface area contributed by atoms with Crippen LogP contribution in [0.4, 0.5) is 10.2 Å². The van der Waals surface area contributed by atoms with Crippen LogP contribution in [0, 0.1) is 11.9 Å². The van der Waals surface area contributed by atoms with E-state index < -0.39 is 5.95 Å². The van der Waals surface area contributed by atoms with Gasteiger partial charge in [0.2, 0.25) is 5.95 Å². The van der Waals surface area contributed by atoms with Crippen LogP contribution in [0.25, 0.3) is 0 Å². The molecule has 0 radical (unpaired) electrons. The molecule has 0 amide bonds. The van der Waals surface area contributed by atoms with Crippen molar-refractivity contribution in [1.82, 2.24) is 9.97 Å². The zero-order chi connectivity index (χ0) is 10.6. The van der Waals surface area contributed by atoms with E-state index in [0.29, 0.717) is 11.7 Å². The third-order valence-corrected chi connectivity index (χ3v) is 2.51. The topological polar surface area (TPSA) is 37.8 Å². The molecule has 0 aliphatic carbocycles. The van der Waals surface area contributed by atoms with Crippen LogP contribution in [-0.2, 0) is 0 Å². The first-order valence-electron chi connectivity index (χ1n) is 4.87. The Kier molecular flexibility index (Phi) is 3.80. The minimum atomic E-state index is -0.501. The Labute approximate surface area is 83.8 Å². The first-order valence-corrected chi connectivity index (χ1v) is 4.87. The summed E-state index contributed by atoms with van der Waals surface area (Å²) in [6, 6.07) is 1.59. The second-order valence-corrected chi connectivity index (χ2v) is 3.54. The average Bonchev–Trinajstić information content (AvgIpc) is 2.16. The van der Waals surface area contributed by atoms with Gasteiger partial charge in [-0.3, -0.25) is 0 Å². The molecule has 0 aliphatic heterocycles. The van der Waals surface area contributed by atoms with Gasteiger partial charge >= 0.3 is 0 Å². The van der Waals surface area contributed by atoms with E-state index in [2.05, 4.69) is 36.1 Å². The number of nitrogens with zero attached hydrogens (tertiary/aromatic N) is 2. The molecule has 2 atom stereocenters. The molecule has 2 unspecified atom stereocenters. The number of aromatic nitrogens is 2. The van der Waals surface area contributed by atoms with Crippen molar-refractivity contribution in [1.29, 1.82) is 0 Å². The van der Waals surface area contributed by atoms with Crippen LogP contribution in [0.1, 0.15) is 27.2 Å². The van der Waals surface area contributed by atoms with Gasteiger partial charge in [0.1, 0.15) is 12.1 Å². The third-order valence-electron chi connectivity index (χ3n) is 2.51. The molecular weight excluding hydrogens is 181 g/mol. The number of hydrogen-bond acceptors (Lipinski definition) is 3. The predicted molar refractivity (Wildman–Crippen MR) is 54.5 cm³/mol. The summed E-state index contributed by atoms with van der Waals surface area (Å²) in [5, 5.41) is 3.14. The highest BCUT2D eigenvalue weighted by Gasteiger charge is 2.10. The molecule has 78 valence electrons. The summed E-state index contributed by atoms with van der Waals surface area (Å²) in [6.45, 7) is 6.34. The Morgan fingerprint density at radius 2 is 2.14 bits per heavy atom. The molecule has 1 N–H and O–H groups in total. The van der Waals surface area contributed by atoms with Gasteiger partial charge in [-0.1, -0.05) is 20.3 Å². The number of halogens is 1. The highest BCUT2D eigenvalue weighted by Crippen LogP contribution is 2.12. The molecule has 1 rings (SSSR count). The van der Waals surface area contributed by atoms with Crippen LogP contribution in [0.15, 0.2) is 12.4 Å². The van der Waals surface area contributed by atoms with E-state index in [9.17, 15) is 4.39 Å². The second-order valence-electron chi connectivity index (χ2n) is 3.54. The number of rotatable bonds is 4. The van der Waals surface area contributed by atoms with E-state index in [4.69, 9.17) is 0 Å². The minimum absolute atomic E-state index is 0.286. The standard InChI is InChI=1S/C10H16FN3/c1-4-7(2)8(3)14-10-5-9(11)12-6-13-10/h5-8H,4H2,1-3H3,(H,12,13,14). The molecule has 3 nitrogen and oxygen atoms in total. The minimum Gasteiger partial charge on any atom is -0.367 e. The van der Waals surface area contributed by atoms with Crippen LogP contribution in [0.5, 0.6) is 0 Å². The van der Waals surface area contributed by atoms with Gasteiger partial charge in [-0.15, -0.1) is 0 Å². The number of hydrogen-bond donors (Lipinski definition) is 1. The molecule has 4 heteroatoms.